The zero-order chi connectivity index (χ0) is 15.9. The molecule has 1 saturated heterocycles. The van der Waals surface area contributed by atoms with Crippen molar-refractivity contribution in [2.24, 2.45) is 5.92 Å². The van der Waals surface area contributed by atoms with Gasteiger partial charge >= 0.3 is 6.18 Å². The van der Waals surface area contributed by atoms with Gasteiger partial charge in [0.2, 0.25) is 5.82 Å². The third kappa shape index (κ3) is 2.80. The van der Waals surface area contributed by atoms with Crippen LogP contribution < -0.4 is 0 Å². The molecule has 0 atom stereocenters. The van der Waals surface area contributed by atoms with Crippen LogP contribution in [0, 0.1) is 5.92 Å². The predicted molar refractivity (Wildman–Crippen MR) is 75.4 cm³/mol. The van der Waals surface area contributed by atoms with Crippen molar-refractivity contribution in [2.75, 3.05) is 13.1 Å². The topological polar surface area (TPSA) is 49.0 Å². The van der Waals surface area contributed by atoms with Crippen molar-refractivity contribution in [2.45, 2.75) is 25.9 Å². The Bertz CT molecular complexity index is 700. The van der Waals surface area contributed by atoms with Gasteiger partial charge in [0, 0.05) is 18.7 Å². The highest BCUT2D eigenvalue weighted by molar-refractivity contribution is 5.97. The Balaban J connectivity index is 1.87. The first-order valence-electron chi connectivity index (χ1n) is 7.21. The molecule has 3 rings (SSSR count). The summed E-state index contributed by atoms with van der Waals surface area (Å²) in [6, 6.07) is 4.42. The third-order valence-corrected chi connectivity index (χ3v) is 4.07. The van der Waals surface area contributed by atoms with Crippen LogP contribution in [0.2, 0.25) is 0 Å². The van der Waals surface area contributed by atoms with E-state index in [1.165, 1.54) is 18.2 Å². The average Bonchev–Trinajstić information content (AvgIpc) is 2.90. The lowest BCUT2D eigenvalue weighted by atomic mass is 9.98. The molecule has 0 bridgehead atoms. The van der Waals surface area contributed by atoms with Crippen LogP contribution in [0.25, 0.3) is 11.0 Å². The number of halogens is 3. The second-order valence-corrected chi connectivity index (χ2v) is 5.79. The van der Waals surface area contributed by atoms with E-state index in [0.717, 1.165) is 12.8 Å². The van der Waals surface area contributed by atoms with Crippen LogP contribution in [0.3, 0.4) is 0 Å². The minimum Gasteiger partial charge on any atom is -0.339 e. The maximum Gasteiger partial charge on any atom is 0.449 e. The fourth-order valence-corrected chi connectivity index (χ4v) is 2.67. The number of hydrogen-bond donors (Lipinski definition) is 1. The summed E-state index contributed by atoms with van der Waals surface area (Å²) in [5.41, 5.74) is 0.819. The van der Waals surface area contributed by atoms with Gasteiger partial charge in [-0.3, -0.25) is 4.79 Å². The molecule has 1 aliphatic rings. The smallest absolute Gasteiger partial charge is 0.339 e. The summed E-state index contributed by atoms with van der Waals surface area (Å²) in [6.45, 7) is 3.53. The van der Waals surface area contributed by atoms with Gasteiger partial charge in [-0.15, -0.1) is 0 Å². The van der Waals surface area contributed by atoms with Gasteiger partial charge in [-0.05, 0) is 37.0 Å². The number of alkyl halides is 3. The molecule has 1 aromatic carbocycles. The van der Waals surface area contributed by atoms with Gasteiger partial charge in [0.05, 0.1) is 11.0 Å². The van der Waals surface area contributed by atoms with E-state index in [1.54, 1.807) is 4.90 Å². The summed E-state index contributed by atoms with van der Waals surface area (Å²) in [5.74, 6) is -0.579. The van der Waals surface area contributed by atoms with Gasteiger partial charge in [0.25, 0.3) is 5.91 Å². The zero-order valence-corrected chi connectivity index (χ0v) is 12.1. The molecule has 7 heteroatoms. The number of nitrogens with zero attached hydrogens (tertiary/aromatic N) is 2. The lowest BCUT2D eigenvalue weighted by Crippen LogP contribution is -2.37. The monoisotopic (exact) mass is 311 g/mol. The molecule has 0 radical (unpaired) electrons. The normalized spacial score (nSPS) is 17.2. The number of fused-ring (bicyclic) bond motifs is 1. The molecule has 118 valence electrons. The zero-order valence-electron chi connectivity index (χ0n) is 12.1. The number of aromatic nitrogens is 2. The fraction of sp³-hybridized carbons (Fsp3) is 0.467. The van der Waals surface area contributed by atoms with Gasteiger partial charge < -0.3 is 9.88 Å². The molecule has 1 aromatic heterocycles. The highest BCUT2D eigenvalue weighted by Crippen LogP contribution is 2.29. The molecule has 0 spiro atoms. The molecule has 2 heterocycles. The van der Waals surface area contributed by atoms with Crippen LogP contribution in [0.15, 0.2) is 18.2 Å². The summed E-state index contributed by atoms with van der Waals surface area (Å²) in [5, 5.41) is 0. The Hall–Kier alpha value is -2.05. The maximum absolute atomic E-state index is 12.6. The van der Waals surface area contributed by atoms with Gasteiger partial charge in [0.15, 0.2) is 0 Å². The number of benzene rings is 1. The van der Waals surface area contributed by atoms with E-state index in [9.17, 15) is 18.0 Å². The Labute approximate surface area is 125 Å². The summed E-state index contributed by atoms with van der Waals surface area (Å²) in [7, 11) is 0. The number of H-pyrrole nitrogens is 1. The predicted octanol–water partition coefficient (Wildman–Crippen LogP) is 3.45. The van der Waals surface area contributed by atoms with E-state index in [2.05, 4.69) is 16.9 Å². The lowest BCUT2D eigenvalue weighted by Gasteiger charge is -2.30. The molecule has 1 amide bonds. The highest BCUT2D eigenvalue weighted by atomic mass is 19.4. The summed E-state index contributed by atoms with van der Waals surface area (Å²) < 4.78 is 37.9. The standard InChI is InChI=1S/C15H16F3N3O/c1-9-4-6-21(7-5-9)13(22)10-2-3-11-12(8-10)20-14(19-11)15(16,17)18/h2-3,8-9H,4-7H2,1H3,(H,19,20). The minimum atomic E-state index is -4.52. The quantitative estimate of drug-likeness (QED) is 0.877. The van der Waals surface area contributed by atoms with Crippen molar-refractivity contribution in [3.8, 4) is 0 Å². The SMILES string of the molecule is CC1CCN(C(=O)c2ccc3nc(C(F)(F)F)[nH]c3c2)CC1. The fourth-order valence-electron chi connectivity index (χ4n) is 2.67. The Morgan fingerprint density at radius 2 is 2.00 bits per heavy atom. The van der Waals surface area contributed by atoms with E-state index < -0.39 is 12.0 Å². The number of likely N-dealkylation sites (tertiary alicyclic amines) is 1. The molecule has 2 aromatic rings. The van der Waals surface area contributed by atoms with Crippen molar-refractivity contribution in [3.63, 3.8) is 0 Å². The third-order valence-electron chi connectivity index (χ3n) is 4.07. The van der Waals surface area contributed by atoms with Crippen molar-refractivity contribution >= 4 is 16.9 Å². The first-order chi connectivity index (χ1) is 10.3. The number of hydrogen-bond acceptors (Lipinski definition) is 2. The van der Waals surface area contributed by atoms with Crippen molar-refractivity contribution < 1.29 is 18.0 Å². The molecule has 0 saturated carbocycles. The molecule has 1 fully saturated rings. The summed E-state index contributed by atoms with van der Waals surface area (Å²) in [6.07, 6.45) is -2.61. The number of imidazole rings is 1. The van der Waals surface area contributed by atoms with Crippen LogP contribution in [0.4, 0.5) is 13.2 Å². The highest BCUT2D eigenvalue weighted by Gasteiger charge is 2.34. The largest absolute Gasteiger partial charge is 0.449 e. The molecule has 0 aliphatic carbocycles. The molecular formula is C15H16F3N3O. The number of piperidine rings is 1. The van der Waals surface area contributed by atoms with E-state index in [1.807, 2.05) is 0 Å². The van der Waals surface area contributed by atoms with Crippen LogP contribution in [-0.4, -0.2) is 33.9 Å². The molecule has 22 heavy (non-hydrogen) atoms. The Kier molecular flexibility index (Phi) is 3.58. The summed E-state index contributed by atoms with van der Waals surface area (Å²) in [4.78, 5) is 19.9. The minimum absolute atomic E-state index is 0.142. The van der Waals surface area contributed by atoms with Crippen molar-refractivity contribution in [1.29, 1.82) is 0 Å². The van der Waals surface area contributed by atoms with Gasteiger partial charge in [-0.1, -0.05) is 6.92 Å². The van der Waals surface area contributed by atoms with Crippen LogP contribution in [0.5, 0.6) is 0 Å². The second kappa shape index (κ2) is 5.30. The number of nitrogens with one attached hydrogen (secondary N) is 1. The number of carbonyl (C=O) groups excluding carboxylic acids is 1. The van der Waals surface area contributed by atoms with E-state index in [4.69, 9.17) is 0 Å². The van der Waals surface area contributed by atoms with E-state index >= 15 is 0 Å². The molecule has 0 unspecified atom stereocenters. The summed E-state index contributed by atoms with van der Waals surface area (Å²) >= 11 is 0. The van der Waals surface area contributed by atoms with E-state index in [0.29, 0.717) is 24.6 Å². The maximum atomic E-state index is 12.6. The van der Waals surface area contributed by atoms with Gasteiger partial charge in [-0.25, -0.2) is 4.98 Å². The molecule has 1 N–H and O–H groups in total. The van der Waals surface area contributed by atoms with Crippen LogP contribution >= 0.6 is 0 Å². The first-order valence-corrected chi connectivity index (χ1v) is 7.21. The number of amides is 1. The number of aromatic amines is 1. The molecular weight excluding hydrogens is 295 g/mol. The van der Waals surface area contributed by atoms with Gasteiger partial charge in [-0.2, -0.15) is 13.2 Å². The number of carbonyl (C=O) groups is 1. The van der Waals surface area contributed by atoms with E-state index in [-0.39, 0.29) is 16.9 Å². The van der Waals surface area contributed by atoms with Crippen LogP contribution in [-0.2, 0) is 6.18 Å². The van der Waals surface area contributed by atoms with Crippen molar-refractivity contribution in [3.05, 3.63) is 29.6 Å². The number of rotatable bonds is 1. The first kappa shape index (κ1) is 14.9. The lowest BCUT2D eigenvalue weighted by molar-refractivity contribution is -0.144. The average molecular weight is 311 g/mol. The Morgan fingerprint density at radius 1 is 1.32 bits per heavy atom. The van der Waals surface area contributed by atoms with Gasteiger partial charge in [0.1, 0.15) is 0 Å². The molecule has 1 aliphatic heterocycles. The van der Waals surface area contributed by atoms with Crippen LogP contribution in [0.1, 0.15) is 35.9 Å². The Morgan fingerprint density at radius 3 is 2.64 bits per heavy atom. The second-order valence-electron chi connectivity index (χ2n) is 5.79. The molecule has 4 nitrogen and oxygen atoms in total. The van der Waals surface area contributed by atoms with Crippen molar-refractivity contribution in [1.82, 2.24) is 14.9 Å².